The minimum Gasteiger partial charge on any atom is -0.490 e. The highest BCUT2D eigenvalue weighted by molar-refractivity contribution is 7.17. The lowest BCUT2D eigenvalue weighted by Gasteiger charge is -2.34. The zero-order valence-corrected chi connectivity index (χ0v) is 17.2. The number of anilines is 2. The van der Waals surface area contributed by atoms with E-state index in [0.29, 0.717) is 45.9 Å². The smallest absolute Gasteiger partial charge is 0.267 e. The molecule has 0 aliphatic carbocycles. The molecule has 0 atom stereocenters. The first-order valence-corrected chi connectivity index (χ1v) is 10.0. The summed E-state index contributed by atoms with van der Waals surface area (Å²) >= 11 is 1.25. The normalized spacial score (nSPS) is 13.6. The van der Waals surface area contributed by atoms with E-state index in [9.17, 15) is 9.59 Å². The first-order valence-electron chi connectivity index (χ1n) is 9.23. The summed E-state index contributed by atoms with van der Waals surface area (Å²) < 4.78 is 11.0. The number of carbonyl (C=O) groups is 2. The molecule has 0 saturated carbocycles. The highest BCUT2D eigenvalue weighted by atomic mass is 32.1. The molecular formula is C21H21N3O4S. The van der Waals surface area contributed by atoms with Crippen molar-refractivity contribution in [3.05, 3.63) is 47.7 Å². The van der Waals surface area contributed by atoms with Gasteiger partial charge in [-0.1, -0.05) is 20.8 Å². The van der Waals surface area contributed by atoms with Crippen molar-refractivity contribution in [3.8, 4) is 16.5 Å². The van der Waals surface area contributed by atoms with Crippen LogP contribution in [0.5, 0.6) is 5.75 Å². The Kier molecular flexibility index (Phi) is 4.87. The van der Waals surface area contributed by atoms with Gasteiger partial charge in [0.1, 0.15) is 17.2 Å². The van der Waals surface area contributed by atoms with E-state index in [1.165, 1.54) is 17.5 Å². The van der Waals surface area contributed by atoms with Gasteiger partial charge in [0.25, 0.3) is 5.91 Å². The third kappa shape index (κ3) is 3.88. The maximum Gasteiger partial charge on any atom is 0.267 e. The molecule has 0 spiro atoms. The minimum atomic E-state index is -0.515. The maximum absolute atomic E-state index is 12.8. The Balaban J connectivity index is 1.56. The predicted molar refractivity (Wildman–Crippen MR) is 112 cm³/mol. The summed E-state index contributed by atoms with van der Waals surface area (Å²) in [6.45, 7) is 6.57. The van der Waals surface area contributed by atoms with Gasteiger partial charge in [0, 0.05) is 11.1 Å². The highest BCUT2D eigenvalue weighted by Crippen LogP contribution is 2.36. The molecule has 0 fully saturated rings. The molecule has 1 aliphatic heterocycles. The first-order chi connectivity index (χ1) is 13.8. The van der Waals surface area contributed by atoms with Crippen LogP contribution in [0.1, 0.15) is 30.4 Å². The molecule has 3 heterocycles. The Labute approximate surface area is 172 Å². The van der Waals surface area contributed by atoms with Crippen molar-refractivity contribution >= 4 is 34.5 Å². The van der Waals surface area contributed by atoms with Gasteiger partial charge >= 0.3 is 0 Å². The summed E-state index contributed by atoms with van der Waals surface area (Å²) in [6, 6.07) is 8.87. The molecule has 8 heteroatoms. The quantitative estimate of drug-likeness (QED) is 0.689. The summed E-state index contributed by atoms with van der Waals surface area (Å²) in [5.41, 5.74) is 0.729. The van der Waals surface area contributed by atoms with Gasteiger partial charge in [-0.2, -0.15) is 0 Å². The molecule has 1 aromatic carbocycles. The van der Waals surface area contributed by atoms with Gasteiger partial charge in [-0.3, -0.25) is 9.59 Å². The summed E-state index contributed by atoms with van der Waals surface area (Å²) in [4.78, 5) is 31.9. The second-order valence-electron chi connectivity index (χ2n) is 7.70. The van der Waals surface area contributed by atoms with Crippen molar-refractivity contribution in [1.29, 1.82) is 0 Å². The molecule has 4 rings (SSSR count). The number of amides is 2. The van der Waals surface area contributed by atoms with Gasteiger partial charge in [0.05, 0.1) is 24.7 Å². The zero-order chi connectivity index (χ0) is 20.6. The van der Waals surface area contributed by atoms with Crippen LogP contribution in [0.4, 0.5) is 11.4 Å². The number of fused-ring (bicyclic) bond motifs is 1. The molecule has 29 heavy (non-hydrogen) atoms. The van der Waals surface area contributed by atoms with Crippen molar-refractivity contribution in [3.63, 3.8) is 0 Å². The number of rotatable bonds is 3. The lowest BCUT2D eigenvalue weighted by Crippen LogP contribution is -2.44. The predicted octanol–water partition coefficient (Wildman–Crippen LogP) is 4.43. The number of benzene rings is 1. The summed E-state index contributed by atoms with van der Waals surface area (Å²) in [5.74, 6) is 0.989. The van der Waals surface area contributed by atoms with Crippen LogP contribution < -0.4 is 15.0 Å². The van der Waals surface area contributed by atoms with E-state index in [-0.39, 0.29) is 11.8 Å². The first kappa shape index (κ1) is 19.2. The lowest BCUT2D eigenvalue weighted by atomic mass is 9.94. The van der Waals surface area contributed by atoms with Gasteiger partial charge in [0.15, 0.2) is 10.8 Å². The number of aromatic nitrogens is 1. The number of thiazole rings is 1. The SMILES string of the molecule is CC(C)(C)C(=O)N1CCOc2ccc(NC(=O)c3cnc(-c4ccco4)s3)cc21. The van der Waals surface area contributed by atoms with E-state index in [2.05, 4.69) is 10.3 Å². The fourth-order valence-electron chi connectivity index (χ4n) is 3.00. The summed E-state index contributed by atoms with van der Waals surface area (Å²) in [5, 5.41) is 3.51. The van der Waals surface area contributed by atoms with Gasteiger partial charge in [0.2, 0.25) is 5.91 Å². The summed E-state index contributed by atoms with van der Waals surface area (Å²) in [7, 11) is 0. The average molecular weight is 411 g/mol. The Bertz CT molecular complexity index is 1050. The number of hydrogen-bond acceptors (Lipinski definition) is 6. The Morgan fingerprint density at radius 1 is 1.24 bits per heavy atom. The molecule has 2 aromatic heterocycles. The number of nitrogens with one attached hydrogen (secondary N) is 1. The topological polar surface area (TPSA) is 84.7 Å². The zero-order valence-electron chi connectivity index (χ0n) is 16.4. The number of furan rings is 1. The third-order valence-corrected chi connectivity index (χ3v) is 5.44. The van der Waals surface area contributed by atoms with Crippen LogP contribution in [0.25, 0.3) is 10.8 Å². The van der Waals surface area contributed by atoms with Crippen LogP contribution in [0.3, 0.4) is 0 Å². The van der Waals surface area contributed by atoms with Crippen LogP contribution in [-0.2, 0) is 4.79 Å². The van der Waals surface area contributed by atoms with Crippen molar-refractivity contribution in [2.75, 3.05) is 23.4 Å². The minimum absolute atomic E-state index is 0.0103. The molecule has 1 N–H and O–H groups in total. The van der Waals surface area contributed by atoms with E-state index in [1.807, 2.05) is 20.8 Å². The molecular weight excluding hydrogens is 390 g/mol. The fourth-order valence-corrected chi connectivity index (χ4v) is 3.78. The van der Waals surface area contributed by atoms with Crippen LogP contribution in [-0.4, -0.2) is 29.9 Å². The van der Waals surface area contributed by atoms with Crippen LogP contribution in [0.15, 0.2) is 47.2 Å². The van der Waals surface area contributed by atoms with Gasteiger partial charge < -0.3 is 19.4 Å². The second-order valence-corrected chi connectivity index (χ2v) is 8.73. The van der Waals surface area contributed by atoms with Crippen molar-refractivity contribution in [2.45, 2.75) is 20.8 Å². The second kappa shape index (κ2) is 7.36. The summed E-state index contributed by atoms with van der Waals surface area (Å²) in [6.07, 6.45) is 3.09. The van der Waals surface area contributed by atoms with Crippen LogP contribution in [0.2, 0.25) is 0 Å². The molecule has 0 radical (unpaired) electrons. The van der Waals surface area contributed by atoms with Crippen molar-refractivity contribution in [2.24, 2.45) is 5.41 Å². The molecule has 0 saturated heterocycles. The maximum atomic E-state index is 12.8. The Morgan fingerprint density at radius 2 is 2.07 bits per heavy atom. The number of nitrogens with zero attached hydrogens (tertiary/aromatic N) is 2. The Morgan fingerprint density at radius 3 is 2.79 bits per heavy atom. The molecule has 0 unspecified atom stereocenters. The molecule has 0 bridgehead atoms. The molecule has 150 valence electrons. The Hall–Kier alpha value is -3.13. The molecule has 1 aliphatic rings. The van der Waals surface area contributed by atoms with Crippen LogP contribution in [0, 0.1) is 5.41 Å². The van der Waals surface area contributed by atoms with Gasteiger partial charge in [-0.15, -0.1) is 11.3 Å². The van der Waals surface area contributed by atoms with Crippen LogP contribution >= 0.6 is 11.3 Å². The number of hydrogen-bond donors (Lipinski definition) is 1. The van der Waals surface area contributed by atoms with Gasteiger partial charge in [-0.05, 0) is 30.3 Å². The lowest BCUT2D eigenvalue weighted by molar-refractivity contribution is -0.126. The van der Waals surface area contributed by atoms with Crippen molar-refractivity contribution < 1.29 is 18.7 Å². The fraction of sp³-hybridized carbons (Fsp3) is 0.286. The van der Waals surface area contributed by atoms with E-state index < -0.39 is 5.41 Å². The third-order valence-electron chi connectivity index (χ3n) is 4.43. The monoisotopic (exact) mass is 411 g/mol. The molecule has 2 amide bonds. The van der Waals surface area contributed by atoms with E-state index in [1.54, 1.807) is 41.5 Å². The van der Waals surface area contributed by atoms with Crippen molar-refractivity contribution in [1.82, 2.24) is 4.98 Å². The number of carbonyl (C=O) groups excluding carboxylic acids is 2. The van der Waals surface area contributed by atoms with Gasteiger partial charge in [-0.25, -0.2) is 4.98 Å². The number of ether oxygens (including phenoxy) is 1. The van der Waals surface area contributed by atoms with E-state index in [4.69, 9.17) is 9.15 Å². The largest absolute Gasteiger partial charge is 0.490 e. The molecule has 7 nitrogen and oxygen atoms in total. The van der Waals surface area contributed by atoms with E-state index >= 15 is 0 Å². The average Bonchev–Trinajstić information content (AvgIpc) is 3.37. The molecule has 3 aromatic rings. The highest BCUT2D eigenvalue weighted by Gasteiger charge is 2.32. The van der Waals surface area contributed by atoms with E-state index in [0.717, 1.165) is 0 Å². The standard InChI is InChI=1S/C21H21N3O4S/c1-21(2,3)20(26)24-8-10-28-15-7-6-13(11-14(15)24)23-18(25)17-12-22-19(29-17)16-5-4-9-27-16/h4-7,9,11-12H,8,10H2,1-3H3,(H,23,25).